The van der Waals surface area contributed by atoms with Gasteiger partial charge in [-0.3, -0.25) is 0 Å². The number of anilines is 2. The Kier molecular flexibility index (Phi) is 6.48. The Labute approximate surface area is 220 Å². The second-order valence-corrected chi connectivity index (χ2v) is 13.8. The molecule has 1 aliphatic heterocycles. The van der Waals surface area contributed by atoms with Gasteiger partial charge in [-0.1, -0.05) is 17.7 Å². The van der Waals surface area contributed by atoms with E-state index in [4.69, 9.17) is 11.6 Å². The molecule has 0 radical (unpaired) electrons. The van der Waals surface area contributed by atoms with Gasteiger partial charge in [-0.25, -0.2) is 17.5 Å². The molecule has 1 saturated carbocycles. The predicted molar refractivity (Wildman–Crippen MR) is 144 cm³/mol. The average molecular weight is 546 g/mol. The second kappa shape index (κ2) is 9.63. The number of halogens is 2. The SMILES string of the molecule is O=S(=O)(NC1C2CCC1Cc1cc(N3CCN(c4ccc(F)cc4)CC3)ccc1C2)c1ccc(Cl)s1. The summed E-state index contributed by atoms with van der Waals surface area (Å²) in [5, 5.41) is 0. The third-order valence-corrected chi connectivity index (χ3v) is 11.2. The van der Waals surface area contributed by atoms with Crippen molar-refractivity contribution >= 4 is 44.3 Å². The van der Waals surface area contributed by atoms with E-state index in [-0.39, 0.29) is 16.1 Å². The molecule has 3 aliphatic rings. The van der Waals surface area contributed by atoms with Gasteiger partial charge in [0, 0.05) is 43.6 Å². The number of hydrogen-bond acceptors (Lipinski definition) is 5. The zero-order valence-electron chi connectivity index (χ0n) is 19.9. The summed E-state index contributed by atoms with van der Waals surface area (Å²) in [5.74, 6) is 0.403. The van der Waals surface area contributed by atoms with Crippen molar-refractivity contribution in [2.45, 2.75) is 35.9 Å². The lowest BCUT2D eigenvalue weighted by atomic mass is 9.93. The molecule has 2 heterocycles. The minimum absolute atomic E-state index is 0.0500. The highest BCUT2D eigenvalue weighted by Crippen LogP contribution is 2.42. The zero-order chi connectivity index (χ0) is 24.9. The Morgan fingerprint density at radius 2 is 1.44 bits per heavy atom. The number of benzene rings is 2. The van der Waals surface area contributed by atoms with Crippen LogP contribution in [-0.4, -0.2) is 40.6 Å². The smallest absolute Gasteiger partial charge is 0.250 e. The molecule has 2 bridgehead atoms. The van der Waals surface area contributed by atoms with Crippen LogP contribution in [0.15, 0.2) is 58.8 Å². The summed E-state index contributed by atoms with van der Waals surface area (Å²) < 4.78 is 43.2. The summed E-state index contributed by atoms with van der Waals surface area (Å²) in [4.78, 5) is 4.72. The van der Waals surface area contributed by atoms with Crippen LogP contribution in [0, 0.1) is 17.7 Å². The van der Waals surface area contributed by atoms with Gasteiger partial charge in [0.2, 0.25) is 10.0 Å². The zero-order valence-corrected chi connectivity index (χ0v) is 22.3. The van der Waals surface area contributed by atoms with Gasteiger partial charge >= 0.3 is 0 Å². The van der Waals surface area contributed by atoms with Crippen LogP contribution in [0.2, 0.25) is 4.34 Å². The summed E-state index contributed by atoms with van der Waals surface area (Å²) in [6, 6.07) is 16.7. The van der Waals surface area contributed by atoms with Gasteiger partial charge in [-0.2, -0.15) is 0 Å². The standard InChI is InChI=1S/C27H29ClFN3O2S2/c28-25-9-10-26(35-25)36(33,34)30-27-19-1-2-20(27)16-21-17-24(6-3-18(21)15-19)32-13-11-31(12-14-32)23-7-4-22(29)5-8-23/h3-10,17,19-20,27,30H,1-2,11-16H2. The summed E-state index contributed by atoms with van der Waals surface area (Å²) in [6.45, 7) is 3.61. The van der Waals surface area contributed by atoms with E-state index in [0.29, 0.717) is 16.2 Å². The molecule has 0 amide bonds. The van der Waals surface area contributed by atoms with E-state index in [1.54, 1.807) is 12.1 Å². The van der Waals surface area contributed by atoms with Crippen molar-refractivity contribution in [3.8, 4) is 0 Å². The molecular weight excluding hydrogens is 517 g/mol. The van der Waals surface area contributed by atoms with Crippen LogP contribution >= 0.6 is 22.9 Å². The minimum Gasteiger partial charge on any atom is -0.368 e. The maximum atomic E-state index is 13.3. The van der Waals surface area contributed by atoms with Crippen molar-refractivity contribution in [1.29, 1.82) is 0 Å². The number of nitrogens with one attached hydrogen (secondary N) is 1. The molecule has 2 aliphatic carbocycles. The monoisotopic (exact) mass is 545 g/mol. The first-order chi connectivity index (χ1) is 17.4. The third-order valence-electron chi connectivity index (χ3n) is 8.02. The van der Waals surface area contributed by atoms with Crippen molar-refractivity contribution < 1.29 is 12.8 Å². The molecule has 1 N–H and O–H groups in total. The molecule has 2 fully saturated rings. The van der Waals surface area contributed by atoms with Crippen LogP contribution in [0.3, 0.4) is 0 Å². The maximum Gasteiger partial charge on any atom is 0.250 e. The molecule has 0 spiro atoms. The van der Waals surface area contributed by atoms with Crippen LogP contribution in [0.1, 0.15) is 24.0 Å². The van der Waals surface area contributed by atoms with Crippen LogP contribution in [0.5, 0.6) is 0 Å². The van der Waals surface area contributed by atoms with Gasteiger partial charge in [0.15, 0.2) is 0 Å². The summed E-state index contributed by atoms with van der Waals surface area (Å²) in [5.41, 5.74) is 4.99. The van der Waals surface area contributed by atoms with E-state index in [1.165, 1.54) is 28.9 Å². The largest absolute Gasteiger partial charge is 0.368 e. The fraction of sp³-hybridized carbons (Fsp3) is 0.407. The molecule has 190 valence electrons. The lowest BCUT2D eigenvalue weighted by Crippen LogP contribution is -2.46. The number of nitrogens with zero attached hydrogens (tertiary/aromatic N) is 2. The Balaban J connectivity index is 1.15. The molecule has 36 heavy (non-hydrogen) atoms. The number of sulfonamides is 1. The highest BCUT2D eigenvalue weighted by atomic mass is 35.5. The molecule has 1 saturated heterocycles. The Morgan fingerprint density at radius 1 is 0.833 bits per heavy atom. The van der Waals surface area contributed by atoms with Crippen LogP contribution in [0.4, 0.5) is 15.8 Å². The molecule has 3 aromatic rings. The molecule has 3 atom stereocenters. The normalized spacial score (nSPS) is 24.0. The van der Waals surface area contributed by atoms with E-state index < -0.39 is 10.0 Å². The number of piperazine rings is 1. The first-order valence-corrected chi connectivity index (χ1v) is 15.2. The first kappa shape index (κ1) is 24.2. The quantitative estimate of drug-likeness (QED) is 0.470. The van der Waals surface area contributed by atoms with Gasteiger partial charge in [-0.15, -0.1) is 11.3 Å². The van der Waals surface area contributed by atoms with Crippen molar-refractivity contribution in [1.82, 2.24) is 4.72 Å². The molecule has 6 rings (SSSR count). The van der Waals surface area contributed by atoms with Crippen LogP contribution in [-0.2, 0) is 22.9 Å². The molecule has 1 aromatic heterocycles. The van der Waals surface area contributed by atoms with E-state index in [1.807, 2.05) is 12.1 Å². The van der Waals surface area contributed by atoms with Crippen molar-refractivity contribution in [2.75, 3.05) is 36.0 Å². The number of fused-ring (bicyclic) bond motifs is 3. The van der Waals surface area contributed by atoms with Gasteiger partial charge in [0.05, 0.1) is 4.34 Å². The lowest BCUT2D eigenvalue weighted by Gasteiger charge is -2.37. The highest BCUT2D eigenvalue weighted by Gasteiger charge is 2.41. The Bertz CT molecular complexity index is 1350. The van der Waals surface area contributed by atoms with Crippen molar-refractivity contribution in [2.24, 2.45) is 11.8 Å². The fourth-order valence-corrected chi connectivity index (χ4v) is 9.01. The van der Waals surface area contributed by atoms with Gasteiger partial charge in [0.1, 0.15) is 10.0 Å². The molecular formula is C27H29ClFN3O2S2. The van der Waals surface area contributed by atoms with E-state index in [9.17, 15) is 12.8 Å². The van der Waals surface area contributed by atoms with Gasteiger partial charge in [-0.05, 0) is 97.2 Å². The van der Waals surface area contributed by atoms with Gasteiger partial charge in [0.25, 0.3) is 0 Å². The minimum atomic E-state index is -3.57. The van der Waals surface area contributed by atoms with Crippen LogP contribution < -0.4 is 14.5 Å². The molecule has 3 unspecified atom stereocenters. The summed E-state index contributed by atoms with van der Waals surface area (Å²) in [6.07, 6.45) is 3.90. The maximum absolute atomic E-state index is 13.3. The fourth-order valence-electron chi connectivity index (χ4n) is 6.14. The highest BCUT2D eigenvalue weighted by molar-refractivity contribution is 7.91. The van der Waals surface area contributed by atoms with Crippen molar-refractivity contribution in [3.63, 3.8) is 0 Å². The topological polar surface area (TPSA) is 52.7 Å². The first-order valence-electron chi connectivity index (χ1n) is 12.5. The predicted octanol–water partition coefficient (Wildman–Crippen LogP) is 5.34. The number of rotatable bonds is 5. The van der Waals surface area contributed by atoms with E-state index >= 15 is 0 Å². The second-order valence-electron chi connectivity index (χ2n) is 10.1. The summed E-state index contributed by atoms with van der Waals surface area (Å²) in [7, 11) is -3.57. The summed E-state index contributed by atoms with van der Waals surface area (Å²) >= 11 is 7.10. The van der Waals surface area contributed by atoms with Crippen molar-refractivity contribution in [3.05, 3.63) is 75.9 Å². The Hall–Kier alpha value is -2.13. The Morgan fingerprint density at radius 3 is 2.08 bits per heavy atom. The molecule has 9 heteroatoms. The average Bonchev–Trinajstić information content (AvgIpc) is 3.42. The molecule has 2 aromatic carbocycles. The van der Waals surface area contributed by atoms with Gasteiger partial charge < -0.3 is 9.80 Å². The van der Waals surface area contributed by atoms with E-state index in [2.05, 4.69) is 32.7 Å². The lowest BCUT2D eigenvalue weighted by molar-refractivity contribution is 0.386. The third kappa shape index (κ3) is 4.76. The number of thiophene rings is 1. The van der Waals surface area contributed by atoms with E-state index in [0.717, 1.165) is 68.9 Å². The number of hydrogen-bond donors (Lipinski definition) is 1. The van der Waals surface area contributed by atoms with Crippen LogP contribution in [0.25, 0.3) is 0 Å². The molecule has 5 nitrogen and oxygen atoms in total.